The van der Waals surface area contributed by atoms with E-state index in [1.165, 1.54) is 38.5 Å². The first-order chi connectivity index (χ1) is 13.3. The van der Waals surface area contributed by atoms with Crippen LogP contribution in [0.5, 0.6) is 0 Å². The van der Waals surface area contributed by atoms with E-state index in [4.69, 9.17) is 5.11 Å². The molecule has 5 aliphatic rings. The molecule has 4 bridgehead atoms. The van der Waals surface area contributed by atoms with Gasteiger partial charge in [0, 0.05) is 18.1 Å². The first kappa shape index (κ1) is 20.1. The normalized spacial score (nSPS) is 39.0. The third-order valence-electron chi connectivity index (χ3n) is 8.09. The van der Waals surface area contributed by atoms with Crippen molar-refractivity contribution in [1.82, 2.24) is 15.1 Å². The summed E-state index contributed by atoms with van der Waals surface area (Å²) >= 11 is 0. The zero-order valence-electron chi connectivity index (χ0n) is 17.5. The van der Waals surface area contributed by atoms with E-state index in [1.54, 1.807) is 0 Å². The van der Waals surface area contributed by atoms with Crippen molar-refractivity contribution in [2.24, 2.45) is 17.8 Å². The molecule has 0 radical (unpaired) electrons. The Labute approximate surface area is 169 Å². The van der Waals surface area contributed by atoms with Crippen LogP contribution in [0.25, 0.3) is 0 Å². The lowest BCUT2D eigenvalue weighted by molar-refractivity contribution is -0.138. The van der Waals surface area contributed by atoms with E-state index in [2.05, 4.69) is 17.1 Å². The molecular weight excluding hydrogens is 354 g/mol. The quantitative estimate of drug-likeness (QED) is 0.727. The minimum absolute atomic E-state index is 0.0795. The maximum absolute atomic E-state index is 13.2. The topological polar surface area (TPSA) is 72.9 Å². The Morgan fingerprint density at radius 3 is 2.29 bits per heavy atom. The molecule has 0 spiro atoms. The molecule has 6 heteroatoms. The van der Waals surface area contributed by atoms with Crippen LogP contribution in [0.1, 0.15) is 64.7 Å². The van der Waals surface area contributed by atoms with Crippen LogP contribution in [0.4, 0.5) is 0 Å². The predicted molar refractivity (Wildman–Crippen MR) is 108 cm³/mol. The molecule has 6 nitrogen and oxygen atoms in total. The minimum Gasteiger partial charge on any atom is -0.480 e. The van der Waals surface area contributed by atoms with Gasteiger partial charge >= 0.3 is 5.97 Å². The fourth-order valence-corrected chi connectivity index (χ4v) is 7.07. The number of amides is 1. The Hall–Kier alpha value is -1.14. The number of hydrogen-bond donors (Lipinski definition) is 2. The second-order valence-electron chi connectivity index (χ2n) is 10.3. The van der Waals surface area contributed by atoms with E-state index < -0.39 is 5.97 Å². The van der Waals surface area contributed by atoms with E-state index in [0.29, 0.717) is 6.04 Å². The molecule has 2 N–H and O–H groups in total. The zero-order chi connectivity index (χ0) is 19.9. The Kier molecular flexibility index (Phi) is 5.71. The molecule has 1 saturated heterocycles. The molecule has 158 valence electrons. The Morgan fingerprint density at radius 1 is 1.11 bits per heavy atom. The van der Waals surface area contributed by atoms with Gasteiger partial charge in [0.05, 0.1) is 12.6 Å². The van der Waals surface area contributed by atoms with Gasteiger partial charge in [-0.15, -0.1) is 0 Å². The molecule has 4 saturated carbocycles. The van der Waals surface area contributed by atoms with Crippen molar-refractivity contribution in [3.63, 3.8) is 0 Å². The van der Waals surface area contributed by atoms with Crippen LogP contribution in [-0.4, -0.2) is 71.1 Å². The van der Waals surface area contributed by atoms with Crippen molar-refractivity contribution in [3.8, 4) is 0 Å². The average Bonchev–Trinajstić information content (AvgIpc) is 2.85. The fraction of sp³-hybridized carbons (Fsp3) is 0.909. The number of aliphatic carboxylic acids is 1. The largest absolute Gasteiger partial charge is 0.480 e. The Morgan fingerprint density at radius 2 is 1.71 bits per heavy atom. The van der Waals surface area contributed by atoms with Gasteiger partial charge in [0.2, 0.25) is 5.91 Å². The highest BCUT2D eigenvalue weighted by Crippen LogP contribution is 2.55. The summed E-state index contributed by atoms with van der Waals surface area (Å²) in [7, 11) is 1.90. The first-order valence-corrected chi connectivity index (χ1v) is 11.3. The van der Waals surface area contributed by atoms with E-state index in [0.717, 1.165) is 50.1 Å². The van der Waals surface area contributed by atoms with Gasteiger partial charge in [0.25, 0.3) is 0 Å². The molecule has 2 atom stereocenters. The number of carboxylic acids is 1. The zero-order valence-corrected chi connectivity index (χ0v) is 17.5. The number of likely N-dealkylation sites (tertiary alicyclic amines) is 1. The van der Waals surface area contributed by atoms with E-state index >= 15 is 0 Å². The van der Waals surface area contributed by atoms with E-state index in [9.17, 15) is 9.59 Å². The molecule has 0 aromatic heterocycles. The molecule has 5 rings (SSSR count). The van der Waals surface area contributed by atoms with Gasteiger partial charge in [-0.3, -0.25) is 19.4 Å². The number of nitrogens with zero attached hydrogens (tertiary/aromatic N) is 2. The van der Waals surface area contributed by atoms with Crippen LogP contribution in [0.2, 0.25) is 0 Å². The number of carbonyl (C=O) groups is 2. The fourth-order valence-electron chi connectivity index (χ4n) is 7.07. The molecule has 4 aliphatic carbocycles. The van der Waals surface area contributed by atoms with Crippen LogP contribution < -0.4 is 5.32 Å². The van der Waals surface area contributed by atoms with Crippen LogP contribution in [0.3, 0.4) is 0 Å². The smallest absolute Gasteiger partial charge is 0.317 e. The molecule has 5 fully saturated rings. The highest BCUT2D eigenvalue weighted by Gasteiger charge is 2.51. The lowest BCUT2D eigenvalue weighted by atomic mass is 9.53. The van der Waals surface area contributed by atoms with Crippen LogP contribution in [0, 0.1) is 17.8 Å². The minimum atomic E-state index is -0.771. The summed E-state index contributed by atoms with van der Waals surface area (Å²) in [5.41, 5.74) is 0.0795. The van der Waals surface area contributed by atoms with Gasteiger partial charge < -0.3 is 10.4 Å². The highest BCUT2D eigenvalue weighted by molar-refractivity contribution is 5.82. The van der Waals surface area contributed by atoms with Crippen molar-refractivity contribution in [2.45, 2.75) is 82.3 Å². The van der Waals surface area contributed by atoms with Crippen LogP contribution >= 0.6 is 0 Å². The van der Waals surface area contributed by atoms with Crippen molar-refractivity contribution in [3.05, 3.63) is 0 Å². The second-order valence-corrected chi connectivity index (χ2v) is 10.3. The average molecular weight is 392 g/mol. The molecular formula is C22H37N3O3. The van der Waals surface area contributed by atoms with Gasteiger partial charge in [0.15, 0.2) is 0 Å². The number of rotatable bonds is 6. The summed E-state index contributed by atoms with van der Waals surface area (Å²) in [5, 5.41) is 12.6. The highest BCUT2D eigenvalue weighted by atomic mass is 16.4. The summed E-state index contributed by atoms with van der Waals surface area (Å²) < 4.78 is 0. The van der Waals surface area contributed by atoms with Gasteiger partial charge in [-0.1, -0.05) is 0 Å². The van der Waals surface area contributed by atoms with Crippen LogP contribution in [0.15, 0.2) is 0 Å². The Bertz CT molecular complexity index is 573. The number of likely N-dealkylation sites (N-methyl/N-ethyl adjacent to an activating group) is 1. The van der Waals surface area contributed by atoms with E-state index in [1.807, 2.05) is 11.9 Å². The molecule has 0 aromatic carbocycles. The number of carboxylic acid groups (broad SMARTS) is 1. The molecule has 1 heterocycles. The molecule has 28 heavy (non-hydrogen) atoms. The predicted octanol–water partition coefficient (Wildman–Crippen LogP) is 2.33. The molecule has 1 amide bonds. The maximum Gasteiger partial charge on any atom is 0.317 e. The molecule has 1 aliphatic heterocycles. The summed E-state index contributed by atoms with van der Waals surface area (Å²) in [5.74, 6) is 1.95. The number of hydrogen-bond acceptors (Lipinski definition) is 4. The van der Waals surface area contributed by atoms with Crippen LogP contribution in [-0.2, 0) is 9.59 Å². The van der Waals surface area contributed by atoms with Crippen molar-refractivity contribution >= 4 is 11.9 Å². The first-order valence-electron chi connectivity index (χ1n) is 11.3. The lowest BCUT2D eigenvalue weighted by Crippen LogP contribution is -2.62. The van der Waals surface area contributed by atoms with Gasteiger partial charge in [-0.05, 0) is 96.1 Å². The number of nitrogens with one attached hydrogen (secondary N) is 1. The van der Waals surface area contributed by atoms with Gasteiger partial charge in [0.1, 0.15) is 0 Å². The van der Waals surface area contributed by atoms with Crippen molar-refractivity contribution < 1.29 is 14.7 Å². The van der Waals surface area contributed by atoms with Gasteiger partial charge in [-0.2, -0.15) is 0 Å². The third kappa shape index (κ3) is 4.23. The Balaban J connectivity index is 1.32. The monoisotopic (exact) mass is 391 g/mol. The third-order valence-corrected chi connectivity index (χ3v) is 8.09. The summed E-state index contributed by atoms with van der Waals surface area (Å²) in [6, 6.07) is 0.191. The standard InChI is InChI=1S/C22H37N3O3/c1-15(25-6-3-4-19(5-7-25)24(2)14-20(26)27)21(28)23-22-11-16-8-17(12-22)10-18(9-16)13-22/h15-19H,3-14H2,1-2H3,(H,23,28)(H,26,27). The SMILES string of the molecule is CC(C(=O)NC12CC3CC(CC(C3)C1)C2)N1CCCC(N(C)CC(=O)O)CC1. The lowest BCUT2D eigenvalue weighted by Gasteiger charge is -2.57. The molecule has 2 unspecified atom stereocenters. The second kappa shape index (κ2) is 7.94. The van der Waals surface area contributed by atoms with E-state index in [-0.39, 0.29) is 24.0 Å². The van der Waals surface area contributed by atoms with Gasteiger partial charge in [-0.25, -0.2) is 0 Å². The summed E-state index contributed by atoms with van der Waals surface area (Å²) in [4.78, 5) is 28.4. The molecule has 0 aromatic rings. The summed E-state index contributed by atoms with van der Waals surface area (Å²) in [6.45, 7) is 3.93. The van der Waals surface area contributed by atoms with Crippen molar-refractivity contribution in [2.75, 3.05) is 26.7 Å². The van der Waals surface area contributed by atoms with Crippen molar-refractivity contribution in [1.29, 1.82) is 0 Å². The number of carbonyl (C=O) groups excluding carboxylic acids is 1. The maximum atomic E-state index is 13.2. The summed E-state index contributed by atoms with van der Waals surface area (Å²) in [6.07, 6.45) is 10.7.